The molecule has 1 N–H and O–H groups in total. The van der Waals surface area contributed by atoms with Gasteiger partial charge in [-0.3, -0.25) is 0 Å². The standard InChI is InChI=1S/C26H30Cl2O4/c1-15(2)11-24-21(17-5-7-18(27)8-6-17)13-20(16(3)4)26(32-24)22-12-19(28)9-10-23(22)31-14-25(29)30/h5-10,12,15,20-21,24,26H,3,11,13-14H2,1-2,4H3,(H,29,30)/t20-,21-,24+,26+/m0/s1. The summed E-state index contributed by atoms with van der Waals surface area (Å²) in [7, 11) is 0. The van der Waals surface area contributed by atoms with E-state index < -0.39 is 12.6 Å². The molecular weight excluding hydrogens is 447 g/mol. The Hall–Kier alpha value is -2.01. The van der Waals surface area contributed by atoms with Gasteiger partial charge in [-0.05, 0) is 61.6 Å². The molecule has 0 amide bonds. The van der Waals surface area contributed by atoms with Crippen molar-refractivity contribution in [2.45, 2.75) is 51.7 Å². The maximum atomic E-state index is 11.1. The molecule has 32 heavy (non-hydrogen) atoms. The summed E-state index contributed by atoms with van der Waals surface area (Å²) in [6.07, 6.45) is 1.38. The lowest BCUT2D eigenvalue weighted by molar-refractivity contribution is -0.139. The van der Waals surface area contributed by atoms with Gasteiger partial charge in [-0.15, -0.1) is 0 Å². The van der Waals surface area contributed by atoms with Gasteiger partial charge in [0.1, 0.15) is 5.75 Å². The van der Waals surface area contributed by atoms with Gasteiger partial charge >= 0.3 is 5.97 Å². The van der Waals surface area contributed by atoms with E-state index in [2.05, 4.69) is 32.6 Å². The number of carboxylic acid groups (broad SMARTS) is 1. The van der Waals surface area contributed by atoms with Crippen LogP contribution in [0.3, 0.4) is 0 Å². The van der Waals surface area contributed by atoms with Crippen LogP contribution in [0.15, 0.2) is 54.6 Å². The van der Waals surface area contributed by atoms with Crippen LogP contribution in [0.25, 0.3) is 0 Å². The number of rotatable bonds is 8. The summed E-state index contributed by atoms with van der Waals surface area (Å²) in [6, 6.07) is 13.2. The van der Waals surface area contributed by atoms with Gasteiger partial charge in [0.2, 0.25) is 0 Å². The lowest BCUT2D eigenvalue weighted by Gasteiger charge is -2.43. The number of hydrogen-bond acceptors (Lipinski definition) is 3. The van der Waals surface area contributed by atoms with E-state index in [4.69, 9.17) is 37.8 Å². The monoisotopic (exact) mass is 476 g/mol. The Morgan fingerprint density at radius 2 is 1.84 bits per heavy atom. The Bertz CT molecular complexity index is 955. The zero-order valence-electron chi connectivity index (χ0n) is 18.7. The lowest BCUT2D eigenvalue weighted by atomic mass is 9.74. The number of aliphatic carboxylic acids is 1. The predicted octanol–water partition coefficient (Wildman–Crippen LogP) is 7.31. The van der Waals surface area contributed by atoms with Crippen molar-refractivity contribution in [2.75, 3.05) is 6.61 Å². The summed E-state index contributed by atoms with van der Waals surface area (Å²) in [5.41, 5.74) is 2.95. The highest BCUT2D eigenvalue weighted by atomic mass is 35.5. The van der Waals surface area contributed by atoms with Crippen molar-refractivity contribution in [3.05, 3.63) is 75.8 Å². The van der Waals surface area contributed by atoms with Gasteiger partial charge in [-0.25, -0.2) is 4.79 Å². The predicted molar refractivity (Wildman–Crippen MR) is 129 cm³/mol. The average Bonchev–Trinajstić information content (AvgIpc) is 2.72. The first kappa shape index (κ1) is 24.6. The van der Waals surface area contributed by atoms with Crippen molar-refractivity contribution in [1.82, 2.24) is 0 Å². The van der Waals surface area contributed by atoms with Crippen LogP contribution in [-0.2, 0) is 9.53 Å². The number of ether oxygens (including phenoxy) is 2. The summed E-state index contributed by atoms with van der Waals surface area (Å²) < 4.78 is 12.4. The van der Waals surface area contributed by atoms with E-state index in [1.165, 1.54) is 5.56 Å². The Morgan fingerprint density at radius 3 is 2.44 bits per heavy atom. The van der Waals surface area contributed by atoms with E-state index >= 15 is 0 Å². The molecule has 0 aromatic heterocycles. The van der Waals surface area contributed by atoms with Crippen LogP contribution in [-0.4, -0.2) is 23.8 Å². The van der Waals surface area contributed by atoms with Gasteiger partial charge in [0.05, 0.1) is 12.2 Å². The van der Waals surface area contributed by atoms with E-state index in [9.17, 15) is 4.79 Å². The van der Waals surface area contributed by atoms with Crippen LogP contribution in [0, 0.1) is 11.8 Å². The topological polar surface area (TPSA) is 55.8 Å². The molecule has 0 bridgehead atoms. The highest BCUT2D eigenvalue weighted by Crippen LogP contribution is 2.49. The Balaban J connectivity index is 2.01. The molecule has 2 aromatic rings. The second kappa shape index (κ2) is 10.7. The van der Waals surface area contributed by atoms with Crippen LogP contribution >= 0.6 is 23.2 Å². The van der Waals surface area contributed by atoms with E-state index in [1.807, 2.05) is 25.1 Å². The van der Waals surface area contributed by atoms with Gasteiger partial charge in [0, 0.05) is 27.4 Å². The molecule has 2 aromatic carbocycles. The fraction of sp³-hybridized carbons (Fsp3) is 0.423. The third-order valence-electron chi connectivity index (χ3n) is 5.91. The average molecular weight is 477 g/mol. The van der Waals surface area contributed by atoms with Crippen molar-refractivity contribution < 1.29 is 19.4 Å². The summed E-state index contributed by atoms with van der Waals surface area (Å²) in [6.45, 7) is 10.2. The van der Waals surface area contributed by atoms with Crippen molar-refractivity contribution in [1.29, 1.82) is 0 Å². The van der Waals surface area contributed by atoms with E-state index in [0.717, 1.165) is 24.0 Å². The molecule has 0 aliphatic carbocycles. The van der Waals surface area contributed by atoms with Crippen molar-refractivity contribution >= 4 is 29.2 Å². The van der Waals surface area contributed by atoms with E-state index in [1.54, 1.807) is 12.1 Å². The van der Waals surface area contributed by atoms with Gasteiger partial charge < -0.3 is 14.6 Å². The van der Waals surface area contributed by atoms with E-state index in [-0.39, 0.29) is 24.0 Å². The van der Waals surface area contributed by atoms with Crippen LogP contribution in [0.1, 0.15) is 56.8 Å². The maximum Gasteiger partial charge on any atom is 0.341 e. The molecule has 1 aliphatic rings. The Morgan fingerprint density at radius 1 is 1.19 bits per heavy atom. The molecule has 1 saturated heterocycles. The third kappa shape index (κ3) is 6.06. The van der Waals surface area contributed by atoms with Crippen LogP contribution in [0.4, 0.5) is 0 Å². The van der Waals surface area contributed by atoms with E-state index in [0.29, 0.717) is 21.7 Å². The Kier molecular flexibility index (Phi) is 8.26. The zero-order chi connectivity index (χ0) is 23.4. The molecule has 4 nitrogen and oxygen atoms in total. The summed E-state index contributed by atoms with van der Waals surface area (Å²) in [4.78, 5) is 11.1. The number of halogens is 2. The summed E-state index contributed by atoms with van der Waals surface area (Å²) in [5, 5.41) is 10.3. The Labute approximate surface area is 200 Å². The fourth-order valence-corrected chi connectivity index (χ4v) is 4.74. The fourth-order valence-electron chi connectivity index (χ4n) is 4.43. The zero-order valence-corrected chi connectivity index (χ0v) is 20.2. The van der Waals surface area contributed by atoms with Crippen LogP contribution in [0.5, 0.6) is 5.75 Å². The lowest BCUT2D eigenvalue weighted by Crippen LogP contribution is -2.37. The quantitative estimate of drug-likeness (QED) is 0.405. The number of benzene rings is 2. The number of hydrogen-bond donors (Lipinski definition) is 1. The highest BCUT2D eigenvalue weighted by Gasteiger charge is 2.41. The van der Waals surface area contributed by atoms with Gasteiger partial charge in [0.15, 0.2) is 6.61 Å². The third-order valence-corrected chi connectivity index (χ3v) is 6.39. The molecule has 1 fully saturated rings. The van der Waals surface area contributed by atoms with Crippen LogP contribution in [0.2, 0.25) is 10.0 Å². The number of carboxylic acids is 1. The summed E-state index contributed by atoms with van der Waals surface area (Å²) in [5.74, 6) is 0.0903. The maximum absolute atomic E-state index is 11.1. The first-order valence-corrected chi connectivity index (χ1v) is 11.6. The molecule has 1 heterocycles. The van der Waals surface area contributed by atoms with Crippen molar-refractivity contribution in [3.63, 3.8) is 0 Å². The summed E-state index contributed by atoms with van der Waals surface area (Å²) >= 11 is 12.4. The second-order valence-corrected chi connectivity index (χ2v) is 9.81. The van der Waals surface area contributed by atoms with Crippen molar-refractivity contribution in [2.24, 2.45) is 11.8 Å². The van der Waals surface area contributed by atoms with Gasteiger partial charge in [-0.2, -0.15) is 0 Å². The first-order chi connectivity index (χ1) is 15.2. The van der Waals surface area contributed by atoms with Crippen LogP contribution < -0.4 is 4.74 Å². The molecular formula is C26H30Cl2O4. The molecule has 0 unspecified atom stereocenters. The minimum absolute atomic E-state index is 0.0183. The SMILES string of the molecule is C=C(C)[C@@H]1C[C@@H](c2ccc(Cl)cc2)[C@@H](CC(C)C)O[C@H]1c1cc(Cl)ccc1OCC(=O)O. The molecule has 0 saturated carbocycles. The smallest absolute Gasteiger partial charge is 0.341 e. The largest absolute Gasteiger partial charge is 0.482 e. The molecule has 0 spiro atoms. The van der Waals surface area contributed by atoms with Gasteiger partial charge in [-0.1, -0.05) is 61.3 Å². The second-order valence-electron chi connectivity index (χ2n) is 8.94. The molecule has 0 radical (unpaired) electrons. The normalized spacial score (nSPS) is 23.2. The van der Waals surface area contributed by atoms with Crippen molar-refractivity contribution in [3.8, 4) is 5.75 Å². The molecule has 172 valence electrons. The first-order valence-electron chi connectivity index (χ1n) is 10.9. The minimum atomic E-state index is -1.03. The highest BCUT2D eigenvalue weighted by molar-refractivity contribution is 6.30. The molecule has 1 aliphatic heterocycles. The van der Waals surface area contributed by atoms with Gasteiger partial charge in [0.25, 0.3) is 0 Å². The number of carbonyl (C=O) groups is 1. The molecule has 3 rings (SSSR count). The molecule has 6 heteroatoms. The minimum Gasteiger partial charge on any atom is -0.482 e. The molecule has 4 atom stereocenters.